The van der Waals surface area contributed by atoms with Crippen LogP contribution in [-0.4, -0.2) is 54.8 Å². The number of hydrogen-bond acceptors (Lipinski definition) is 4. The number of rotatable bonds is 3. The Kier molecular flexibility index (Phi) is 6.13. The Morgan fingerprint density at radius 1 is 1.20 bits per heavy atom. The second-order valence-electron chi connectivity index (χ2n) is 7.30. The molecule has 1 unspecified atom stereocenters. The van der Waals surface area contributed by atoms with Gasteiger partial charge in [0.25, 0.3) is 0 Å². The highest BCUT2D eigenvalue weighted by Gasteiger charge is 2.22. The van der Waals surface area contributed by atoms with Crippen LogP contribution in [0.4, 0.5) is 10.6 Å². The summed E-state index contributed by atoms with van der Waals surface area (Å²) in [7, 11) is 0. The molecule has 0 saturated carbocycles. The first-order chi connectivity index (χ1) is 12.1. The molecule has 3 heterocycles. The van der Waals surface area contributed by atoms with E-state index in [1.165, 1.54) is 12.8 Å². The summed E-state index contributed by atoms with van der Waals surface area (Å²) >= 11 is 0. The third kappa shape index (κ3) is 4.84. The van der Waals surface area contributed by atoms with Crippen LogP contribution in [0, 0.1) is 5.92 Å². The molecule has 138 valence electrons. The third-order valence-corrected chi connectivity index (χ3v) is 5.31. The first-order valence-electron chi connectivity index (χ1n) is 9.45. The molecule has 0 bridgehead atoms. The van der Waals surface area contributed by atoms with Crippen LogP contribution >= 0.6 is 0 Å². The Morgan fingerprint density at radius 2 is 2.00 bits per heavy atom. The highest BCUT2D eigenvalue weighted by atomic mass is 16.5. The fraction of sp³-hybridized carbons (Fsp3) is 0.684. The molecule has 0 radical (unpaired) electrons. The number of carbonyl (C=O) groups excluding carboxylic acids is 1. The maximum atomic E-state index is 12.4. The second-order valence-corrected chi connectivity index (χ2v) is 7.30. The van der Waals surface area contributed by atoms with E-state index in [1.54, 1.807) is 0 Å². The van der Waals surface area contributed by atoms with Gasteiger partial charge in [0, 0.05) is 45.0 Å². The molecule has 2 aliphatic rings. The predicted molar refractivity (Wildman–Crippen MR) is 98.7 cm³/mol. The Bertz CT molecular complexity index is 555. The predicted octanol–water partition coefficient (Wildman–Crippen LogP) is 2.64. The zero-order chi connectivity index (χ0) is 17.6. The van der Waals surface area contributed by atoms with E-state index in [9.17, 15) is 4.79 Å². The first-order valence-corrected chi connectivity index (χ1v) is 9.45. The van der Waals surface area contributed by atoms with Crippen LogP contribution in [0.15, 0.2) is 18.3 Å². The van der Waals surface area contributed by atoms with Gasteiger partial charge < -0.3 is 19.9 Å². The van der Waals surface area contributed by atoms with Gasteiger partial charge in [-0.3, -0.25) is 0 Å². The van der Waals surface area contributed by atoms with Crippen molar-refractivity contribution in [1.29, 1.82) is 0 Å². The molecule has 6 heteroatoms. The number of hydrogen-bond donors (Lipinski definition) is 1. The van der Waals surface area contributed by atoms with Crippen molar-refractivity contribution in [2.24, 2.45) is 5.92 Å². The maximum absolute atomic E-state index is 12.4. The van der Waals surface area contributed by atoms with E-state index >= 15 is 0 Å². The third-order valence-electron chi connectivity index (χ3n) is 5.31. The second kappa shape index (κ2) is 8.52. The first kappa shape index (κ1) is 18.0. The fourth-order valence-electron chi connectivity index (χ4n) is 3.42. The summed E-state index contributed by atoms with van der Waals surface area (Å²) in [5, 5.41) is 3.01. The van der Waals surface area contributed by atoms with E-state index in [0.29, 0.717) is 19.7 Å². The smallest absolute Gasteiger partial charge is 0.317 e. The summed E-state index contributed by atoms with van der Waals surface area (Å²) in [6.45, 7) is 9.05. The summed E-state index contributed by atoms with van der Waals surface area (Å²) in [5.41, 5.74) is 1.03. The number of anilines is 1. The Morgan fingerprint density at radius 3 is 2.72 bits per heavy atom. The van der Waals surface area contributed by atoms with Crippen molar-refractivity contribution in [2.45, 2.75) is 45.7 Å². The fourth-order valence-corrected chi connectivity index (χ4v) is 3.42. The monoisotopic (exact) mass is 346 g/mol. The van der Waals surface area contributed by atoms with E-state index in [4.69, 9.17) is 4.74 Å². The number of ether oxygens (including phenoxy) is 1. The molecule has 0 aromatic carbocycles. The molecule has 6 nitrogen and oxygen atoms in total. The summed E-state index contributed by atoms with van der Waals surface area (Å²) in [6.07, 6.45) is 5.23. The molecule has 3 rings (SSSR count). The van der Waals surface area contributed by atoms with E-state index in [1.807, 2.05) is 11.1 Å². The Labute approximate surface area is 150 Å². The summed E-state index contributed by atoms with van der Waals surface area (Å²) in [4.78, 5) is 21.2. The minimum absolute atomic E-state index is 0.0212. The number of nitrogens with one attached hydrogen (secondary N) is 1. The van der Waals surface area contributed by atoms with Crippen molar-refractivity contribution < 1.29 is 9.53 Å². The minimum Gasteiger partial charge on any atom is -0.380 e. The van der Waals surface area contributed by atoms with Crippen molar-refractivity contribution in [1.82, 2.24) is 15.2 Å². The van der Waals surface area contributed by atoms with Gasteiger partial charge in [-0.05, 0) is 43.7 Å². The van der Waals surface area contributed by atoms with Gasteiger partial charge in [-0.15, -0.1) is 0 Å². The number of aromatic nitrogens is 1. The molecule has 2 saturated heterocycles. The highest BCUT2D eigenvalue weighted by molar-refractivity contribution is 5.74. The van der Waals surface area contributed by atoms with Crippen molar-refractivity contribution in [3.63, 3.8) is 0 Å². The maximum Gasteiger partial charge on any atom is 0.317 e. The van der Waals surface area contributed by atoms with Crippen molar-refractivity contribution in [3.05, 3.63) is 23.9 Å². The zero-order valence-electron chi connectivity index (χ0n) is 15.4. The molecule has 2 fully saturated rings. The number of pyridine rings is 1. The van der Waals surface area contributed by atoms with E-state index in [0.717, 1.165) is 43.4 Å². The largest absolute Gasteiger partial charge is 0.380 e. The molecule has 0 aliphatic carbocycles. The average molecular weight is 346 g/mol. The van der Waals surface area contributed by atoms with Crippen LogP contribution in [0.25, 0.3) is 0 Å². The Hall–Kier alpha value is -1.82. The molecular weight excluding hydrogens is 316 g/mol. The van der Waals surface area contributed by atoms with Gasteiger partial charge in [-0.2, -0.15) is 0 Å². The average Bonchev–Trinajstić information content (AvgIpc) is 2.85. The molecular formula is C19H30N4O2. The molecule has 1 aromatic rings. The lowest BCUT2D eigenvalue weighted by Gasteiger charge is -2.31. The molecule has 1 atom stereocenters. The zero-order valence-corrected chi connectivity index (χ0v) is 15.4. The van der Waals surface area contributed by atoms with Crippen LogP contribution < -0.4 is 10.2 Å². The quantitative estimate of drug-likeness (QED) is 0.914. The standard InChI is InChI=1S/C19H30N4O2/c1-15-5-8-22(9-6-15)18-4-3-17(13-20-18)14-21-19(24)23-10-12-25-11-7-16(23)2/h3-4,13,15-16H,5-12,14H2,1-2H3,(H,21,24). The van der Waals surface area contributed by atoms with Crippen LogP contribution in [0.3, 0.4) is 0 Å². The number of piperidine rings is 1. The minimum atomic E-state index is -0.0212. The van der Waals surface area contributed by atoms with Crippen molar-refractivity contribution in [2.75, 3.05) is 37.7 Å². The van der Waals surface area contributed by atoms with Gasteiger partial charge in [0.1, 0.15) is 5.82 Å². The van der Waals surface area contributed by atoms with Gasteiger partial charge >= 0.3 is 6.03 Å². The van der Waals surface area contributed by atoms with Crippen LogP contribution in [0.2, 0.25) is 0 Å². The summed E-state index contributed by atoms with van der Waals surface area (Å²) < 4.78 is 5.45. The van der Waals surface area contributed by atoms with Gasteiger partial charge in [0.15, 0.2) is 0 Å². The molecule has 0 spiro atoms. The van der Waals surface area contributed by atoms with Gasteiger partial charge in [-0.1, -0.05) is 13.0 Å². The molecule has 2 amide bonds. The van der Waals surface area contributed by atoms with E-state index in [2.05, 4.69) is 41.2 Å². The topological polar surface area (TPSA) is 57.7 Å². The normalized spacial score (nSPS) is 22.6. The van der Waals surface area contributed by atoms with Gasteiger partial charge in [-0.25, -0.2) is 9.78 Å². The van der Waals surface area contributed by atoms with Crippen molar-refractivity contribution in [3.8, 4) is 0 Å². The van der Waals surface area contributed by atoms with Gasteiger partial charge in [0.2, 0.25) is 0 Å². The number of nitrogens with zero attached hydrogens (tertiary/aromatic N) is 3. The Balaban J connectivity index is 1.50. The van der Waals surface area contributed by atoms with Crippen LogP contribution in [0.1, 0.15) is 38.7 Å². The highest BCUT2D eigenvalue weighted by Crippen LogP contribution is 2.21. The van der Waals surface area contributed by atoms with Crippen LogP contribution in [0.5, 0.6) is 0 Å². The summed E-state index contributed by atoms with van der Waals surface area (Å²) in [6, 6.07) is 4.33. The van der Waals surface area contributed by atoms with Gasteiger partial charge in [0.05, 0.1) is 6.61 Å². The molecule has 1 N–H and O–H groups in total. The summed E-state index contributed by atoms with van der Waals surface area (Å²) in [5.74, 6) is 1.86. The van der Waals surface area contributed by atoms with Crippen molar-refractivity contribution >= 4 is 11.8 Å². The molecule has 25 heavy (non-hydrogen) atoms. The number of urea groups is 1. The number of amides is 2. The molecule has 2 aliphatic heterocycles. The molecule has 1 aromatic heterocycles. The lowest BCUT2D eigenvalue weighted by Crippen LogP contribution is -2.45. The van der Waals surface area contributed by atoms with E-state index < -0.39 is 0 Å². The van der Waals surface area contributed by atoms with E-state index in [-0.39, 0.29) is 12.1 Å². The lowest BCUT2D eigenvalue weighted by atomic mass is 9.99. The number of carbonyl (C=O) groups is 1. The van der Waals surface area contributed by atoms with Crippen LogP contribution in [-0.2, 0) is 11.3 Å². The SMILES string of the molecule is CC1CCN(c2ccc(CNC(=O)N3CCOCCC3C)cn2)CC1. The lowest BCUT2D eigenvalue weighted by molar-refractivity contribution is 0.142.